The molecule has 0 bridgehead atoms. The monoisotopic (exact) mass is 292 g/mol. The van der Waals surface area contributed by atoms with Gasteiger partial charge in [-0.2, -0.15) is 0 Å². The van der Waals surface area contributed by atoms with Gasteiger partial charge in [0, 0.05) is 27.1 Å². The molecule has 0 aliphatic carbocycles. The number of hydrogen-bond acceptors (Lipinski definition) is 2. The van der Waals surface area contributed by atoms with Crippen LogP contribution in [0.25, 0.3) is 5.69 Å². The fourth-order valence-corrected chi connectivity index (χ4v) is 2.23. The van der Waals surface area contributed by atoms with E-state index in [9.17, 15) is 0 Å². The molecule has 4 heteroatoms. The van der Waals surface area contributed by atoms with E-state index < -0.39 is 0 Å². The largest absolute Gasteiger partial charge is 0.411 e. The molecule has 88 valence electrons. The standard InChI is InChI=1S/C13H13BrN2O/c1-9-7-11(8-15-17)10(2)16(9)13-5-3-12(14)4-6-13/h3-8,17H,1-2H3. The smallest absolute Gasteiger partial charge is 0.0752 e. The Kier molecular flexibility index (Phi) is 3.33. The molecule has 0 aliphatic rings. The summed E-state index contributed by atoms with van der Waals surface area (Å²) in [7, 11) is 0. The third kappa shape index (κ3) is 2.26. The molecule has 0 saturated heterocycles. The van der Waals surface area contributed by atoms with Crippen LogP contribution in [0.15, 0.2) is 40.0 Å². The van der Waals surface area contributed by atoms with Crippen LogP contribution >= 0.6 is 15.9 Å². The molecular formula is C13H13BrN2O. The second-order valence-electron chi connectivity index (χ2n) is 3.88. The van der Waals surface area contributed by atoms with E-state index in [2.05, 4.69) is 25.7 Å². The summed E-state index contributed by atoms with van der Waals surface area (Å²) in [5, 5.41) is 11.7. The highest BCUT2D eigenvalue weighted by Crippen LogP contribution is 2.21. The average Bonchev–Trinajstić information content (AvgIpc) is 2.57. The molecule has 0 unspecified atom stereocenters. The minimum absolute atomic E-state index is 0.924. The van der Waals surface area contributed by atoms with E-state index in [4.69, 9.17) is 5.21 Å². The number of hydrogen-bond donors (Lipinski definition) is 1. The average molecular weight is 293 g/mol. The summed E-state index contributed by atoms with van der Waals surface area (Å²) in [6.45, 7) is 4.04. The molecule has 1 aromatic heterocycles. The first-order chi connectivity index (χ1) is 8.13. The highest BCUT2D eigenvalue weighted by atomic mass is 79.9. The van der Waals surface area contributed by atoms with Gasteiger partial charge in [0.1, 0.15) is 0 Å². The lowest BCUT2D eigenvalue weighted by atomic mass is 10.2. The van der Waals surface area contributed by atoms with Gasteiger partial charge in [-0.25, -0.2) is 0 Å². The molecule has 1 N–H and O–H groups in total. The Morgan fingerprint density at radius 2 is 1.88 bits per heavy atom. The van der Waals surface area contributed by atoms with Crippen LogP contribution in [-0.4, -0.2) is 16.0 Å². The van der Waals surface area contributed by atoms with Crippen LogP contribution in [-0.2, 0) is 0 Å². The summed E-state index contributed by atoms with van der Waals surface area (Å²) in [6, 6.07) is 10.1. The molecule has 0 radical (unpaired) electrons. The molecule has 1 heterocycles. The minimum Gasteiger partial charge on any atom is -0.411 e. The summed E-state index contributed by atoms with van der Waals surface area (Å²) >= 11 is 3.42. The summed E-state index contributed by atoms with van der Waals surface area (Å²) < 4.78 is 3.18. The SMILES string of the molecule is Cc1cc(C=NO)c(C)n1-c1ccc(Br)cc1. The Morgan fingerprint density at radius 1 is 1.24 bits per heavy atom. The number of aryl methyl sites for hydroxylation is 1. The molecule has 2 aromatic rings. The highest BCUT2D eigenvalue weighted by molar-refractivity contribution is 9.10. The molecule has 3 nitrogen and oxygen atoms in total. The summed E-state index contributed by atoms with van der Waals surface area (Å²) in [5.41, 5.74) is 4.19. The van der Waals surface area contributed by atoms with Gasteiger partial charge in [0.2, 0.25) is 0 Å². The normalized spacial score (nSPS) is 11.2. The quantitative estimate of drug-likeness (QED) is 0.512. The van der Waals surface area contributed by atoms with Gasteiger partial charge < -0.3 is 9.77 Å². The van der Waals surface area contributed by atoms with E-state index in [1.54, 1.807) is 0 Å². The lowest BCUT2D eigenvalue weighted by Crippen LogP contribution is -1.99. The maximum atomic E-state index is 8.61. The lowest BCUT2D eigenvalue weighted by Gasteiger charge is -2.09. The Bertz CT molecular complexity index is 556. The number of aromatic nitrogens is 1. The van der Waals surface area contributed by atoms with Gasteiger partial charge in [0.05, 0.1) is 6.21 Å². The third-order valence-corrected chi connectivity index (χ3v) is 3.28. The molecule has 0 atom stereocenters. The zero-order chi connectivity index (χ0) is 12.4. The van der Waals surface area contributed by atoms with Gasteiger partial charge >= 0.3 is 0 Å². The first-order valence-electron chi connectivity index (χ1n) is 5.26. The zero-order valence-corrected chi connectivity index (χ0v) is 11.3. The molecule has 1 aromatic carbocycles. The summed E-state index contributed by atoms with van der Waals surface area (Å²) in [6.07, 6.45) is 1.46. The maximum absolute atomic E-state index is 8.61. The number of halogens is 1. The Hall–Kier alpha value is -1.55. The van der Waals surface area contributed by atoms with E-state index in [1.807, 2.05) is 44.2 Å². The van der Waals surface area contributed by atoms with Gasteiger partial charge in [-0.05, 0) is 44.2 Å². The van der Waals surface area contributed by atoms with Crippen molar-refractivity contribution in [1.82, 2.24) is 4.57 Å². The number of nitrogens with zero attached hydrogens (tertiary/aromatic N) is 2. The van der Waals surface area contributed by atoms with Crippen molar-refractivity contribution in [1.29, 1.82) is 0 Å². The van der Waals surface area contributed by atoms with Crippen LogP contribution in [0.5, 0.6) is 0 Å². The molecule has 2 rings (SSSR count). The van der Waals surface area contributed by atoms with Gasteiger partial charge in [0.25, 0.3) is 0 Å². The van der Waals surface area contributed by atoms with Crippen LogP contribution in [0.1, 0.15) is 17.0 Å². The first-order valence-corrected chi connectivity index (χ1v) is 6.05. The van der Waals surface area contributed by atoms with Crippen molar-refractivity contribution < 1.29 is 5.21 Å². The van der Waals surface area contributed by atoms with E-state index in [0.29, 0.717) is 0 Å². The van der Waals surface area contributed by atoms with Crippen molar-refractivity contribution in [2.24, 2.45) is 5.16 Å². The van der Waals surface area contributed by atoms with Crippen LogP contribution in [0.2, 0.25) is 0 Å². The molecule has 0 aliphatic heterocycles. The second-order valence-corrected chi connectivity index (χ2v) is 4.80. The summed E-state index contributed by atoms with van der Waals surface area (Å²) in [5.74, 6) is 0. The molecule has 0 spiro atoms. The Labute approximate surface area is 109 Å². The van der Waals surface area contributed by atoms with Crippen molar-refractivity contribution in [2.75, 3.05) is 0 Å². The summed E-state index contributed by atoms with van der Waals surface area (Å²) in [4.78, 5) is 0. The molecule has 0 saturated carbocycles. The van der Waals surface area contributed by atoms with Crippen LogP contribution in [0, 0.1) is 13.8 Å². The predicted molar refractivity (Wildman–Crippen MR) is 72.3 cm³/mol. The van der Waals surface area contributed by atoms with Crippen LogP contribution in [0.3, 0.4) is 0 Å². The molecule has 0 fully saturated rings. The van der Waals surface area contributed by atoms with E-state index in [1.165, 1.54) is 6.21 Å². The highest BCUT2D eigenvalue weighted by Gasteiger charge is 2.09. The van der Waals surface area contributed by atoms with E-state index in [0.717, 1.165) is 27.1 Å². The van der Waals surface area contributed by atoms with Gasteiger partial charge in [-0.15, -0.1) is 0 Å². The van der Waals surface area contributed by atoms with Crippen molar-refractivity contribution in [2.45, 2.75) is 13.8 Å². The van der Waals surface area contributed by atoms with Crippen LogP contribution < -0.4 is 0 Å². The van der Waals surface area contributed by atoms with E-state index in [-0.39, 0.29) is 0 Å². The van der Waals surface area contributed by atoms with Crippen molar-refractivity contribution in [3.63, 3.8) is 0 Å². The zero-order valence-electron chi connectivity index (χ0n) is 9.68. The second kappa shape index (κ2) is 4.75. The topological polar surface area (TPSA) is 37.5 Å². The fourth-order valence-electron chi connectivity index (χ4n) is 1.97. The minimum atomic E-state index is 0.924. The fraction of sp³-hybridized carbons (Fsp3) is 0.154. The van der Waals surface area contributed by atoms with Crippen molar-refractivity contribution in [3.8, 4) is 5.69 Å². The van der Waals surface area contributed by atoms with Gasteiger partial charge in [-0.1, -0.05) is 21.1 Å². The first kappa shape index (κ1) is 11.9. The lowest BCUT2D eigenvalue weighted by molar-refractivity contribution is 0.322. The van der Waals surface area contributed by atoms with Crippen molar-refractivity contribution in [3.05, 3.63) is 51.8 Å². The van der Waals surface area contributed by atoms with Gasteiger partial charge in [-0.3, -0.25) is 0 Å². The molecular weight excluding hydrogens is 280 g/mol. The third-order valence-electron chi connectivity index (χ3n) is 2.75. The maximum Gasteiger partial charge on any atom is 0.0752 e. The van der Waals surface area contributed by atoms with Gasteiger partial charge in [0.15, 0.2) is 0 Å². The number of oxime groups is 1. The number of benzene rings is 1. The van der Waals surface area contributed by atoms with Crippen LogP contribution in [0.4, 0.5) is 0 Å². The molecule has 17 heavy (non-hydrogen) atoms. The number of rotatable bonds is 2. The Balaban J connectivity index is 2.55. The Morgan fingerprint density at radius 3 is 2.47 bits per heavy atom. The molecule has 0 amide bonds. The van der Waals surface area contributed by atoms with Crippen molar-refractivity contribution >= 4 is 22.1 Å². The predicted octanol–water partition coefficient (Wildman–Crippen LogP) is 3.66. The van der Waals surface area contributed by atoms with E-state index >= 15 is 0 Å².